The molecule has 3 rings (SSSR count). The van der Waals surface area contributed by atoms with E-state index < -0.39 is 0 Å². The van der Waals surface area contributed by atoms with Crippen LogP contribution in [0, 0.1) is 5.92 Å². The van der Waals surface area contributed by atoms with Crippen LogP contribution in [0.2, 0.25) is 0 Å². The normalized spacial score (nSPS) is 18.0. The van der Waals surface area contributed by atoms with Crippen molar-refractivity contribution in [1.29, 1.82) is 0 Å². The monoisotopic (exact) mass is 478 g/mol. The summed E-state index contributed by atoms with van der Waals surface area (Å²) in [6.45, 7) is 5.38. The highest BCUT2D eigenvalue weighted by atomic mass is 16.5. The average Bonchev–Trinajstić information content (AvgIpc) is 2.91. The first-order chi connectivity index (χ1) is 17.3. The number of ether oxygens (including phenoxy) is 1. The molecule has 0 spiro atoms. The van der Waals surface area contributed by atoms with E-state index >= 15 is 0 Å². The molecule has 3 heteroatoms. The molecule has 1 fully saturated rings. The third kappa shape index (κ3) is 10.7. The molecule has 0 atom stereocenters. The lowest BCUT2D eigenvalue weighted by Gasteiger charge is -2.27. The molecular formula is C32H50N2O. The van der Waals surface area contributed by atoms with Crippen molar-refractivity contribution in [3.8, 4) is 5.75 Å². The van der Waals surface area contributed by atoms with Crippen LogP contribution in [-0.4, -0.2) is 16.6 Å². The van der Waals surface area contributed by atoms with Gasteiger partial charge in [0, 0.05) is 18.3 Å². The van der Waals surface area contributed by atoms with Gasteiger partial charge in [-0.2, -0.15) is 0 Å². The molecule has 0 N–H and O–H groups in total. The molecule has 0 amide bonds. The van der Waals surface area contributed by atoms with Crippen molar-refractivity contribution in [3.05, 3.63) is 53.6 Å². The Morgan fingerprint density at radius 2 is 1.20 bits per heavy atom. The smallest absolute Gasteiger partial charge is 0.131 e. The number of benzene rings is 1. The second-order valence-corrected chi connectivity index (χ2v) is 10.8. The van der Waals surface area contributed by atoms with Gasteiger partial charge in [-0.25, -0.2) is 9.97 Å². The van der Waals surface area contributed by atoms with E-state index in [1.54, 1.807) is 0 Å². The van der Waals surface area contributed by atoms with Crippen molar-refractivity contribution in [2.45, 2.75) is 129 Å². The molecule has 3 nitrogen and oxygen atoms in total. The Hall–Kier alpha value is -1.90. The van der Waals surface area contributed by atoms with E-state index in [9.17, 15) is 0 Å². The molecule has 1 aromatic heterocycles. The Kier molecular flexibility index (Phi) is 13.2. The quantitative estimate of drug-likeness (QED) is 0.212. The predicted molar refractivity (Wildman–Crippen MR) is 148 cm³/mol. The summed E-state index contributed by atoms with van der Waals surface area (Å²) in [5, 5.41) is 0. The first-order valence-corrected chi connectivity index (χ1v) is 14.8. The van der Waals surface area contributed by atoms with Crippen LogP contribution in [0.25, 0.3) is 0 Å². The largest absolute Gasteiger partial charge is 0.493 e. The topological polar surface area (TPSA) is 35.0 Å². The summed E-state index contributed by atoms with van der Waals surface area (Å²) in [4.78, 5) is 9.48. The SMILES string of the molecule is CCCCCCCCc1ccc(OC[C@H]2CC[C@H](c3ncc(CCCCCCC)cn3)CC2)cc1. The van der Waals surface area contributed by atoms with Crippen LogP contribution in [0.3, 0.4) is 0 Å². The maximum atomic E-state index is 6.16. The van der Waals surface area contributed by atoms with Crippen molar-refractivity contribution in [1.82, 2.24) is 9.97 Å². The third-order valence-electron chi connectivity index (χ3n) is 7.73. The van der Waals surface area contributed by atoms with Gasteiger partial charge in [0.05, 0.1) is 6.61 Å². The Morgan fingerprint density at radius 1 is 0.657 bits per heavy atom. The Morgan fingerprint density at radius 3 is 1.80 bits per heavy atom. The molecule has 0 saturated heterocycles. The molecule has 194 valence electrons. The fourth-order valence-corrected chi connectivity index (χ4v) is 5.30. The molecule has 1 aliphatic carbocycles. The van der Waals surface area contributed by atoms with Crippen LogP contribution in [0.4, 0.5) is 0 Å². The highest BCUT2D eigenvalue weighted by Crippen LogP contribution is 2.34. The fraction of sp³-hybridized carbons (Fsp3) is 0.688. The van der Waals surface area contributed by atoms with Gasteiger partial charge < -0.3 is 4.74 Å². The van der Waals surface area contributed by atoms with Crippen molar-refractivity contribution in [3.63, 3.8) is 0 Å². The average molecular weight is 479 g/mol. The maximum absolute atomic E-state index is 6.16. The molecule has 1 heterocycles. The highest BCUT2D eigenvalue weighted by Gasteiger charge is 2.24. The van der Waals surface area contributed by atoms with E-state index in [2.05, 4.69) is 50.5 Å². The number of nitrogens with zero attached hydrogens (tertiary/aromatic N) is 2. The zero-order valence-corrected chi connectivity index (χ0v) is 22.6. The summed E-state index contributed by atoms with van der Waals surface area (Å²) < 4.78 is 6.16. The summed E-state index contributed by atoms with van der Waals surface area (Å²) in [6.07, 6.45) is 26.0. The number of aromatic nitrogens is 2. The van der Waals surface area contributed by atoms with Gasteiger partial charge in [0.15, 0.2) is 0 Å². The van der Waals surface area contributed by atoms with Gasteiger partial charge in [0.2, 0.25) is 0 Å². The molecule has 2 aromatic rings. The number of hydrogen-bond donors (Lipinski definition) is 0. The number of unbranched alkanes of at least 4 members (excludes halogenated alkanes) is 9. The summed E-state index contributed by atoms with van der Waals surface area (Å²) in [5.41, 5.74) is 2.74. The lowest BCUT2D eigenvalue weighted by Crippen LogP contribution is -2.20. The molecule has 35 heavy (non-hydrogen) atoms. The molecule has 1 aromatic carbocycles. The van der Waals surface area contributed by atoms with Crippen LogP contribution in [0.5, 0.6) is 5.75 Å². The lowest BCUT2D eigenvalue weighted by molar-refractivity contribution is 0.198. The number of hydrogen-bond acceptors (Lipinski definition) is 3. The molecule has 0 radical (unpaired) electrons. The van der Waals surface area contributed by atoms with E-state index in [4.69, 9.17) is 14.7 Å². The maximum Gasteiger partial charge on any atom is 0.131 e. The van der Waals surface area contributed by atoms with Crippen LogP contribution < -0.4 is 4.74 Å². The second-order valence-electron chi connectivity index (χ2n) is 10.8. The van der Waals surface area contributed by atoms with Crippen LogP contribution in [-0.2, 0) is 12.8 Å². The molecule has 1 aliphatic rings. The Bertz CT molecular complexity index is 778. The summed E-state index contributed by atoms with van der Waals surface area (Å²) in [6, 6.07) is 8.84. The van der Waals surface area contributed by atoms with E-state index in [1.165, 1.54) is 114 Å². The van der Waals surface area contributed by atoms with Gasteiger partial charge in [-0.3, -0.25) is 0 Å². The van der Waals surface area contributed by atoms with Crippen LogP contribution in [0.1, 0.15) is 133 Å². The van der Waals surface area contributed by atoms with Gasteiger partial charge >= 0.3 is 0 Å². The van der Waals surface area contributed by atoms with Gasteiger partial charge in [-0.05, 0) is 80.5 Å². The van der Waals surface area contributed by atoms with E-state index in [0.29, 0.717) is 11.8 Å². The van der Waals surface area contributed by atoms with Gasteiger partial charge in [-0.15, -0.1) is 0 Å². The molecule has 0 aliphatic heterocycles. The number of rotatable bonds is 17. The van der Waals surface area contributed by atoms with Crippen molar-refractivity contribution in [2.75, 3.05) is 6.61 Å². The number of aryl methyl sites for hydroxylation is 2. The van der Waals surface area contributed by atoms with Crippen molar-refractivity contribution in [2.24, 2.45) is 5.92 Å². The zero-order valence-electron chi connectivity index (χ0n) is 22.6. The summed E-state index contributed by atoms with van der Waals surface area (Å²) in [7, 11) is 0. The van der Waals surface area contributed by atoms with Crippen LogP contribution in [0.15, 0.2) is 36.7 Å². The second kappa shape index (κ2) is 16.7. The highest BCUT2D eigenvalue weighted by molar-refractivity contribution is 5.27. The summed E-state index contributed by atoms with van der Waals surface area (Å²) in [5.74, 6) is 3.25. The fourth-order valence-electron chi connectivity index (χ4n) is 5.30. The summed E-state index contributed by atoms with van der Waals surface area (Å²) >= 11 is 0. The Labute approximate surface area is 215 Å². The first kappa shape index (κ1) is 27.7. The van der Waals surface area contributed by atoms with Crippen molar-refractivity contribution >= 4 is 0 Å². The van der Waals surface area contributed by atoms with E-state index in [1.807, 2.05) is 0 Å². The molecular weight excluding hydrogens is 428 g/mol. The van der Waals surface area contributed by atoms with Gasteiger partial charge in [-0.1, -0.05) is 83.8 Å². The standard InChI is InChI=1S/C32H50N2O/c1-3-5-7-9-11-12-14-27-18-22-31(23-19-27)35-26-28-16-20-30(21-17-28)32-33-24-29(25-34-32)15-13-10-8-6-4-2/h18-19,22-25,28,30H,3-17,20-21,26H2,1-2H3/t28-,30-. The molecule has 0 bridgehead atoms. The van der Waals surface area contributed by atoms with Crippen LogP contribution >= 0.6 is 0 Å². The van der Waals surface area contributed by atoms with E-state index in [0.717, 1.165) is 24.6 Å². The third-order valence-corrected chi connectivity index (χ3v) is 7.73. The Balaban J connectivity index is 1.29. The lowest BCUT2D eigenvalue weighted by atomic mass is 9.82. The first-order valence-electron chi connectivity index (χ1n) is 14.8. The van der Waals surface area contributed by atoms with Gasteiger partial charge in [0.25, 0.3) is 0 Å². The molecule has 0 unspecified atom stereocenters. The molecule has 1 saturated carbocycles. The van der Waals surface area contributed by atoms with Crippen molar-refractivity contribution < 1.29 is 4.74 Å². The minimum Gasteiger partial charge on any atom is -0.493 e. The zero-order chi connectivity index (χ0) is 24.6. The predicted octanol–water partition coefficient (Wildman–Crippen LogP) is 9.25. The minimum absolute atomic E-state index is 0.520. The minimum atomic E-state index is 0.520. The van der Waals surface area contributed by atoms with Gasteiger partial charge in [0.1, 0.15) is 11.6 Å². The van der Waals surface area contributed by atoms with E-state index in [-0.39, 0.29) is 0 Å².